The molecule has 0 aliphatic heterocycles. The number of rotatable bonds is 3. The van der Waals surface area contributed by atoms with E-state index >= 15 is 0 Å². The van der Waals surface area contributed by atoms with Crippen molar-refractivity contribution < 1.29 is 9.11 Å². The van der Waals surface area contributed by atoms with Crippen LogP contribution in [0.25, 0.3) is 16.8 Å². The molecule has 22 heavy (non-hydrogen) atoms. The lowest BCUT2D eigenvalue weighted by molar-refractivity contribution is 0.488. The highest BCUT2D eigenvalue weighted by Gasteiger charge is 2.15. The van der Waals surface area contributed by atoms with Gasteiger partial charge in [-0.1, -0.05) is 12.1 Å². The van der Waals surface area contributed by atoms with E-state index in [2.05, 4.69) is 4.98 Å². The van der Waals surface area contributed by atoms with Gasteiger partial charge < -0.3 is 4.57 Å². The van der Waals surface area contributed by atoms with Gasteiger partial charge in [0.05, 0.1) is 23.1 Å². The Balaban J connectivity index is 2.25. The Morgan fingerprint density at radius 2 is 2.09 bits per heavy atom. The van der Waals surface area contributed by atoms with Gasteiger partial charge in [0.2, 0.25) is 0 Å². The van der Waals surface area contributed by atoms with Crippen molar-refractivity contribution in [2.24, 2.45) is 7.05 Å². The van der Waals surface area contributed by atoms with Gasteiger partial charge >= 0.3 is 0 Å². The first-order valence-corrected chi connectivity index (χ1v) is 8.53. The van der Waals surface area contributed by atoms with Crippen LogP contribution >= 0.6 is 10.6 Å². The van der Waals surface area contributed by atoms with Gasteiger partial charge in [-0.15, -0.1) is 0 Å². The summed E-state index contributed by atoms with van der Waals surface area (Å²) in [6.07, 6.45) is 4.82. The number of hydrogen-bond acceptors (Lipinski definition) is 4. The molecule has 0 aliphatic rings. The summed E-state index contributed by atoms with van der Waals surface area (Å²) < 4.78 is 23.4. The zero-order valence-electron chi connectivity index (χ0n) is 12.3. The van der Waals surface area contributed by atoms with Crippen LogP contribution in [0.4, 0.5) is 0 Å². The van der Waals surface area contributed by atoms with E-state index in [1.807, 2.05) is 6.07 Å². The molecule has 0 saturated carbocycles. The monoisotopic (exact) mass is 319 g/mol. The Bertz CT molecular complexity index is 898. The van der Waals surface area contributed by atoms with Crippen molar-refractivity contribution in [1.82, 2.24) is 14.0 Å². The summed E-state index contributed by atoms with van der Waals surface area (Å²) in [7, 11) is -1.10. The second kappa shape index (κ2) is 5.28. The van der Waals surface area contributed by atoms with E-state index < -0.39 is 10.6 Å². The highest BCUT2D eigenvalue weighted by molar-refractivity contribution is 8.24. The van der Waals surface area contributed by atoms with Crippen molar-refractivity contribution in [2.45, 2.75) is 11.8 Å². The van der Waals surface area contributed by atoms with Crippen LogP contribution < -0.4 is 5.56 Å². The van der Waals surface area contributed by atoms with Crippen LogP contribution in [0.1, 0.15) is 6.92 Å². The van der Waals surface area contributed by atoms with Crippen LogP contribution in [0.5, 0.6) is 0 Å². The molecule has 0 fully saturated rings. The largest absolute Gasteiger partial charge is 0.315 e. The minimum absolute atomic E-state index is 0.129. The minimum atomic E-state index is -2.78. The molecule has 0 unspecified atom stereocenters. The second-order valence-corrected chi connectivity index (χ2v) is 7.44. The second-order valence-electron chi connectivity index (χ2n) is 5.06. The molecule has 7 heteroatoms. The number of imidazole rings is 1. The fraction of sp³-hybridized carbons (Fsp3) is 0.200. The van der Waals surface area contributed by atoms with Crippen LogP contribution in [-0.2, 0) is 7.05 Å². The van der Waals surface area contributed by atoms with Crippen molar-refractivity contribution in [1.29, 1.82) is 0 Å². The Morgan fingerprint density at radius 1 is 1.32 bits per heavy atom. The highest BCUT2D eigenvalue weighted by Crippen LogP contribution is 2.48. The molecule has 0 spiro atoms. The maximum atomic E-state index is 12.1. The molecule has 2 N–H and O–H groups in total. The van der Waals surface area contributed by atoms with Gasteiger partial charge in [-0.25, -0.2) is 4.98 Å². The maximum Gasteiger partial charge on any atom is 0.276 e. The predicted octanol–water partition coefficient (Wildman–Crippen LogP) is 2.83. The third kappa shape index (κ3) is 2.33. The first-order valence-electron chi connectivity index (χ1n) is 6.82. The lowest BCUT2D eigenvalue weighted by Crippen LogP contribution is -2.18. The topological polar surface area (TPSA) is 79.8 Å². The summed E-state index contributed by atoms with van der Waals surface area (Å²) in [5.41, 5.74) is 1.91. The van der Waals surface area contributed by atoms with Gasteiger partial charge in [0, 0.05) is 24.6 Å². The molecule has 3 aromatic rings. The van der Waals surface area contributed by atoms with E-state index in [0.29, 0.717) is 10.4 Å². The zero-order valence-corrected chi connectivity index (χ0v) is 13.1. The number of hydrogen-bond donors (Lipinski definition) is 2. The average Bonchev–Trinajstić information content (AvgIpc) is 3.01. The van der Waals surface area contributed by atoms with Gasteiger partial charge in [0.1, 0.15) is 5.52 Å². The Labute approximate surface area is 129 Å². The van der Waals surface area contributed by atoms with E-state index in [0.717, 1.165) is 11.3 Å². The summed E-state index contributed by atoms with van der Waals surface area (Å²) >= 11 is 0. The Morgan fingerprint density at radius 3 is 2.82 bits per heavy atom. The molecule has 116 valence electrons. The van der Waals surface area contributed by atoms with E-state index in [1.165, 1.54) is 10.8 Å². The number of fused-ring (bicyclic) bond motifs is 1. The smallest absolute Gasteiger partial charge is 0.276 e. The molecular formula is C15H17N3O3S. The van der Waals surface area contributed by atoms with Crippen molar-refractivity contribution in [3.8, 4) is 11.3 Å². The quantitative estimate of drug-likeness (QED) is 0.778. The van der Waals surface area contributed by atoms with Crippen molar-refractivity contribution in [3.05, 3.63) is 53.3 Å². The molecule has 2 heterocycles. The van der Waals surface area contributed by atoms with Crippen LogP contribution in [0.3, 0.4) is 0 Å². The van der Waals surface area contributed by atoms with Gasteiger partial charge in [-0.3, -0.25) is 18.3 Å². The lowest BCUT2D eigenvalue weighted by Gasteiger charge is -2.31. The molecule has 0 aliphatic carbocycles. The van der Waals surface area contributed by atoms with Crippen LogP contribution in [0, 0.1) is 0 Å². The van der Waals surface area contributed by atoms with E-state index in [9.17, 15) is 13.9 Å². The Kier molecular flexibility index (Phi) is 3.56. The van der Waals surface area contributed by atoms with Crippen molar-refractivity contribution in [3.63, 3.8) is 0 Å². The minimum Gasteiger partial charge on any atom is -0.315 e. The summed E-state index contributed by atoms with van der Waals surface area (Å²) in [6, 6.07) is 7.10. The maximum absolute atomic E-state index is 12.1. The number of aryl methyl sites for hydroxylation is 1. The van der Waals surface area contributed by atoms with Gasteiger partial charge in [0.25, 0.3) is 5.56 Å². The first kappa shape index (κ1) is 14.8. The lowest BCUT2D eigenvalue weighted by atomic mass is 10.1. The standard InChI is InChI=1S/C15H17N3O3S/c1-3-22(20,21)12-6-4-5-11(7-12)14-9-17(2)15(19)13-8-16-10-18(13)14/h4-10,20-21H,3H2,1-2H3. The summed E-state index contributed by atoms with van der Waals surface area (Å²) in [6.45, 7) is 1.74. The first-order chi connectivity index (χ1) is 10.4. The van der Waals surface area contributed by atoms with Crippen LogP contribution in [0.15, 0.2) is 52.7 Å². The fourth-order valence-corrected chi connectivity index (χ4v) is 3.31. The summed E-state index contributed by atoms with van der Waals surface area (Å²) in [4.78, 5) is 16.6. The molecule has 0 amide bonds. The Hall–Kier alpha value is -2.09. The van der Waals surface area contributed by atoms with Crippen molar-refractivity contribution >= 4 is 16.1 Å². The van der Waals surface area contributed by atoms with E-state index in [4.69, 9.17) is 0 Å². The van der Waals surface area contributed by atoms with Crippen molar-refractivity contribution in [2.75, 3.05) is 5.75 Å². The SMILES string of the molecule is CCS(O)(O)c1cccc(-c2cn(C)c(=O)c3cncn23)c1. The summed E-state index contributed by atoms with van der Waals surface area (Å²) in [5, 5.41) is 0. The molecule has 0 saturated heterocycles. The zero-order chi connectivity index (χ0) is 15.9. The van der Waals surface area contributed by atoms with Gasteiger partial charge in [0.15, 0.2) is 0 Å². The molecule has 3 rings (SSSR count). The normalized spacial score (nSPS) is 12.7. The molecule has 1 aromatic carbocycles. The molecule has 6 nitrogen and oxygen atoms in total. The molecule has 2 aromatic heterocycles. The number of benzene rings is 1. The number of nitrogens with zero attached hydrogens (tertiary/aromatic N) is 3. The molecule has 0 radical (unpaired) electrons. The highest BCUT2D eigenvalue weighted by atomic mass is 32.3. The molecule has 0 bridgehead atoms. The van der Waals surface area contributed by atoms with E-state index in [1.54, 1.807) is 49.1 Å². The summed E-state index contributed by atoms with van der Waals surface area (Å²) in [5.74, 6) is 0.268. The fourth-order valence-electron chi connectivity index (χ4n) is 2.37. The predicted molar refractivity (Wildman–Crippen MR) is 87.5 cm³/mol. The van der Waals surface area contributed by atoms with Crippen LogP contribution in [-0.4, -0.2) is 28.8 Å². The van der Waals surface area contributed by atoms with E-state index in [-0.39, 0.29) is 11.3 Å². The molecule has 0 atom stereocenters. The third-order valence-electron chi connectivity index (χ3n) is 3.66. The average molecular weight is 319 g/mol. The third-order valence-corrected chi connectivity index (χ3v) is 5.48. The number of aromatic nitrogens is 3. The molecular weight excluding hydrogens is 302 g/mol. The van der Waals surface area contributed by atoms with Crippen LogP contribution in [0.2, 0.25) is 0 Å². The van der Waals surface area contributed by atoms with Gasteiger partial charge in [-0.2, -0.15) is 10.6 Å². The van der Waals surface area contributed by atoms with Gasteiger partial charge in [-0.05, 0) is 19.1 Å².